The molecule has 0 radical (unpaired) electrons. The van der Waals surface area contributed by atoms with Crippen LogP contribution >= 0.6 is 0 Å². The molecule has 1 aromatic carbocycles. The summed E-state index contributed by atoms with van der Waals surface area (Å²) in [5.74, 6) is -0.101. The van der Waals surface area contributed by atoms with Crippen LogP contribution in [0.1, 0.15) is 23.6 Å². The van der Waals surface area contributed by atoms with E-state index in [4.69, 9.17) is 5.73 Å². The van der Waals surface area contributed by atoms with Crippen molar-refractivity contribution in [1.82, 2.24) is 0 Å². The summed E-state index contributed by atoms with van der Waals surface area (Å²) in [6.45, 7) is 0. The average Bonchev–Trinajstić information content (AvgIpc) is 2.35. The third-order valence-corrected chi connectivity index (χ3v) is 2.26. The van der Waals surface area contributed by atoms with Gasteiger partial charge in [0.25, 0.3) is 0 Å². The Morgan fingerprint density at radius 1 is 1.45 bits per heavy atom. The second-order valence-electron chi connectivity index (χ2n) is 2.95. The molecule has 0 heterocycles. The molecule has 1 aliphatic carbocycles. The van der Waals surface area contributed by atoms with Crippen molar-refractivity contribution in [2.45, 2.75) is 18.9 Å². The van der Waals surface area contributed by atoms with E-state index in [2.05, 4.69) is 0 Å². The van der Waals surface area contributed by atoms with E-state index in [-0.39, 0.29) is 11.9 Å². The number of fused-ring (bicyclic) bond motifs is 1. The Hall–Kier alpha value is -0.890. The molecule has 0 spiro atoms. The Bertz CT molecular complexity index is 283. The SMILES string of the molecule is N[C@@H]1CCc2c(F)cccc21. The predicted octanol–water partition coefficient (Wildman–Crippen LogP) is 1.77. The van der Waals surface area contributed by atoms with Crippen molar-refractivity contribution < 1.29 is 4.39 Å². The van der Waals surface area contributed by atoms with Crippen LogP contribution in [-0.4, -0.2) is 0 Å². The van der Waals surface area contributed by atoms with Crippen molar-refractivity contribution in [3.63, 3.8) is 0 Å². The van der Waals surface area contributed by atoms with Crippen LogP contribution in [0, 0.1) is 5.82 Å². The van der Waals surface area contributed by atoms with Crippen LogP contribution in [-0.2, 0) is 6.42 Å². The van der Waals surface area contributed by atoms with Gasteiger partial charge >= 0.3 is 0 Å². The lowest BCUT2D eigenvalue weighted by molar-refractivity contribution is 0.612. The highest BCUT2D eigenvalue weighted by Crippen LogP contribution is 2.30. The minimum Gasteiger partial charge on any atom is -0.324 e. The van der Waals surface area contributed by atoms with Crippen molar-refractivity contribution in [1.29, 1.82) is 0 Å². The quantitative estimate of drug-likeness (QED) is 0.600. The average molecular weight is 151 g/mol. The first-order chi connectivity index (χ1) is 5.29. The fourth-order valence-electron chi connectivity index (χ4n) is 1.64. The van der Waals surface area contributed by atoms with Crippen LogP contribution < -0.4 is 5.73 Å². The zero-order valence-corrected chi connectivity index (χ0v) is 6.18. The highest BCUT2D eigenvalue weighted by atomic mass is 19.1. The number of rotatable bonds is 0. The molecule has 58 valence electrons. The maximum absolute atomic E-state index is 13.0. The van der Waals surface area contributed by atoms with E-state index in [1.165, 1.54) is 6.07 Å². The van der Waals surface area contributed by atoms with Gasteiger partial charge in [-0.15, -0.1) is 0 Å². The van der Waals surface area contributed by atoms with Crippen LogP contribution in [0.25, 0.3) is 0 Å². The molecule has 0 bridgehead atoms. The second-order valence-corrected chi connectivity index (χ2v) is 2.95. The monoisotopic (exact) mass is 151 g/mol. The lowest BCUT2D eigenvalue weighted by Gasteiger charge is -2.03. The van der Waals surface area contributed by atoms with Gasteiger partial charge in [0.2, 0.25) is 0 Å². The lowest BCUT2D eigenvalue weighted by Crippen LogP contribution is -2.04. The smallest absolute Gasteiger partial charge is 0.126 e. The van der Waals surface area contributed by atoms with E-state index in [9.17, 15) is 4.39 Å². The van der Waals surface area contributed by atoms with Gasteiger partial charge in [-0.25, -0.2) is 4.39 Å². The molecule has 1 atom stereocenters. The molecule has 1 aliphatic rings. The maximum atomic E-state index is 13.0. The molecule has 1 aromatic rings. The van der Waals surface area contributed by atoms with Gasteiger partial charge in [-0.2, -0.15) is 0 Å². The van der Waals surface area contributed by atoms with E-state index in [1.807, 2.05) is 6.07 Å². The molecule has 1 nitrogen and oxygen atoms in total. The summed E-state index contributed by atoms with van der Waals surface area (Å²) in [6.07, 6.45) is 1.68. The zero-order valence-electron chi connectivity index (χ0n) is 6.18. The van der Waals surface area contributed by atoms with E-state index in [1.54, 1.807) is 6.07 Å². The number of hydrogen-bond acceptors (Lipinski definition) is 1. The Labute approximate surface area is 65.0 Å². The highest BCUT2D eigenvalue weighted by Gasteiger charge is 2.20. The van der Waals surface area contributed by atoms with E-state index >= 15 is 0 Å². The number of halogens is 1. The fourth-order valence-corrected chi connectivity index (χ4v) is 1.64. The van der Waals surface area contributed by atoms with Crippen LogP contribution in [0.2, 0.25) is 0 Å². The molecule has 0 saturated heterocycles. The van der Waals surface area contributed by atoms with Crippen molar-refractivity contribution in [2.24, 2.45) is 5.73 Å². The summed E-state index contributed by atoms with van der Waals surface area (Å²) in [6, 6.07) is 5.19. The van der Waals surface area contributed by atoms with Crippen molar-refractivity contribution >= 4 is 0 Å². The van der Waals surface area contributed by atoms with Gasteiger partial charge in [0, 0.05) is 6.04 Å². The van der Waals surface area contributed by atoms with Crippen LogP contribution in [0.5, 0.6) is 0 Å². The maximum Gasteiger partial charge on any atom is 0.126 e. The van der Waals surface area contributed by atoms with Crippen LogP contribution in [0.15, 0.2) is 18.2 Å². The molecule has 0 saturated carbocycles. The van der Waals surface area contributed by atoms with Gasteiger partial charge in [0.15, 0.2) is 0 Å². The van der Waals surface area contributed by atoms with E-state index in [0.717, 1.165) is 24.0 Å². The van der Waals surface area contributed by atoms with Crippen molar-refractivity contribution in [2.75, 3.05) is 0 Å². The summed E-state index contributed by atoms with van der Waals surface area (Å²) in [7, 11) is 0. The lowest BCUT2D eigenvalue weighted by atomic mass is 10.1. The number of nitrogens with two attached hydrogens (primary N) is 1. The zero-order chi connectivity index (χ0) is 7.84. The summed E-state index contributed by atoms with van der Waals surface area (Å²) in [5.41, 5.74) is 7.56. The Kier molecular flexibility index (Phi) is 1.43. The van der Waals surface area contributed by atoms with Crippen LogP contribution in [0.4, 0.5) is 4.39 Å². The van der Waals surface area contributed by atoms with Gasteiger partial charge in [-0.3, -0.25) is 0 Å². The van der Waals surface area contributed by atoms with E-state index in [0.29, 0.717) is 0 Å². The highest BCUT2D eigenvalue weighted by molar-refractivity contribution is 5.35. The molecule has 2 heteroatoms. The first-order valence-electron chi connectivity index (χ1n) is 3.82. The first kappa shape index (κ1) is 6.80. The van der Waals surface area contributed by atoms with E-state index < -0.39 is 0 Å². The molecule has 2 rings (SSSR count). The summed E-state index contributed by atoms with van der Waals surface area (Å²) >= 11 is 0. The predicted molar refractivity (Wildman–Crippen MR) is 41.6 cm³/mol. The molecule has 2 N–H and O–H groups in total. The molecule has 0 amide bonds. The Balaban J connectivity index is 2.57. The molecule has 0 fully saturated rings. The normalized spacial score (nSPS) is 21.8. The third kappa shape index (κ3) is 0.942. The van der Waals surface area contributed by atoms with Crippen LogP contribution in [0.3, 0.4) is 0 Å². The second kappa shape index (κ2) is 2.31. The fraction of sp³-hybridized carbons (Fsp3) is 0.333. The third-order valence-electron chi connectivity index (χ3n) is 2.26. The minimum absolute atomic E-state index is 0.0562. The van der Waals surface area contributed by atoms with Gasteiger partial charge < -0.3 is 5.73 Å². The number of hydrogen-bond donors (Lipinski definition) is 1. The molecule has 0 aliphatic heterocycles. The minimum atomic E-state index is -0.101. The first-order valence-corrected chi connectivity index (χ1v) is 3.82. The molecular formula is C9H10FN. The summed E-state index contributed by atoms with van der Waals surface area (Å²) < 4.78 is 13.0. The van der Waals surface area contributed by atoms with Gasteiger partial charge in [0.05, 0.1) is 0 Å². The molecule has 0 aromatic heterocycles. The van der Waals surface area contributed by atoms with Gasteiger partial charge in [-0.05, 0) is 30.0 Å². The van der Waals surface area contributed by atoms with Gasteiger partial charge in [0.1, 0.15) is 5.82 Å². The van der Waals surface area contributed by atoms with Gasteiger partial charge in [-0.1, -0.05) is 12.1 Å². The number of benzene rings is 1. The Morgan fingerprint density at radius 2 is 2.27 bits per heavy atom. The topological polar surface area (TPSA) is 26.0 Å². The summed E-state index contributed by atoms with van der Waals surface area (Å²) in [5, 5.41) is 0. The largest absolute Gasteiger partial charge is 0.324 e. The van der Waals surface area contributed by atoms with Crippen molar-refractivity contribution in [3.8, 4) is 0 Å². The summed E-state index contributed by atoms with van der Waals surface area (Å²) in [4.78, 5) is 0. The molecular weight excluding hydrogens is 141 g/mol. The standard InChI is InChI=1S/C9H10FN/c10-8-3-1-2-7-6(8)4-5-9(7)11/h1-3,9H,4-5,11H2/t9-/m1/s1. The van der Waals surface area contributed by atoms with Crippen molar-refractivity contribution in [3.05, 3.63) is 35.1 Å². The molecule has 0 unspecified atom stereocenters. The molecule has 11 heavy (non-hydrogen) atoms. The Morgan fingerprint density at radius 3 is 3.00 bits per heavy atom.